The molecule has 2 aliphatic rings. The zero-order chi connectivity index (χ0) is 25.4. The summed E-state index contributed by atoms with van der Waals surface area (Å²) in [5, 5.41) is 0. The SMILES string of the molecule is CC1(C)O[C@H]2[C@@H](OS(C)(=O)=O)C=C(COC(c3ccccc3)(c3ccccc3)c3ccccc3)[C@H]2O1. The topological polar surface area (TPSA) is 71.1 Å². The molecular weight excluding hydrogens is 476 g/mol. The minimum absolute atomic E-state index is 0.183. The van der Waals surface area contributed by atoms with Gasteiger partial charge in [-0.1, -0.05) is 91.0 Å². The predicted molar refractivity (Wildman–Crippen MR) is 137 cm³/mol. The zero-order valence-electron chi connectivity index (χ0n) is 20.5. The summed E-state index contributed by atoms with van der Waals surface area (Å²) in [4.78, 5) is 0. The second kappa shape index (κ2) is 9.57. The molecule has 36 heavy (non-hydrogen) atoms. The van der Waals surface area contributed by atoms with Gasteiger partial charge in [0.2, 0.25) is 0 Å². The van der Waals surface area contributed by atoms with E-state index in [1.54, 1.807) is 6.08 Å². The summed E-state index contributed by atoms with van der Waals surface area (Å²) < 4.78 is 48.3. The highest BCUT2D eigenvalue weighted by atomic mass is 32.2. The van der Waals surface area contributed by atoms with Crippen LogP contribution in [0.5, 0.6) is 0 Å². The van der Waals surface area contributed by atoms with Crippen LogP contribution in [0.15, 0.2) is 103 Å². The molecule has 6 nitrogen and oxygen atoms in total. The van der Waals surface area contributed by atoms with Crippen LogP contribution in [0.2, 0.25) is 0 Å². The van der Waals surface area contributed by atoms with Crippen LogP contribution in [0, 0.1) is 0 Å². The smallest absolute Gasteiger partial charge is 0.265 e. The van der Waals surface area contributed by atoms with Crippen molar-refractivity contribution in [1.29, 1.82) is 0 Å². The third-order valence-electron chi connectivity index (χ3n) is 6.48. The fourth-order valence-corrected chi connectivity index (χ4v) is 5.66. The van der Waals surface area contributed by atoms with Gasteiger partial charge in [-0.2, -0.15) is 8.42 Å². The molecule has 0 aromatic heterocycles. The van der Waals surface area contributed by atoms with E-state index in [1.165, 1.54) is 0 Å². The molecular formula is C29H30O6S. The first-order valence-electron chi connectivity index (χ1n) is 11.9. The Kier molecular flexibility index (Phi) is 6.61. The molecule has 3 aromatic carbocycles. The molecule has 0 N–H and O–H groups in total. The summed E-state index contributed by atoms with van der Waals surface area (Å²) in [5.41, 5.74) is 2.80. The Hall–Kier alpha value is -2.81. The molecule has 7 heteroatoms. The molecule has 0 radical (unpaired) electrons. The molecule has 0 bridgehead atoms. The lowest BCUT2D eigenvalue weighted by atomic mass is 9.80. The van der Waals surface area contributed by atoms with Crippen molar-refractivity contribution >= 4 is 10.1 Å². The first-order valence-corrected chi connectivity index (χ1v) is 13.7. The van der Waals surface area contributed by atoms with Crippen LogP contribution in [0.25, 0.3) is 0 Å². The van der Waals surface area contributed by atoms with E-state index in [0.717, 1.165) is 28.5 Å². The lowest BCUT2D eigenvalue weighted by molar-refractivity contribution is -0.152. The van der Waals surface area contributed by atoms with E-state index >= 15 is 0 Å². The van der Waals surface area contributed by atoms with Crippen molar-refractivity contribution in [1.82, 2.24) is 0 Å². The van der Waals surface area contributed by atoms with Crippen molar-refractivity contribution < 1.29 is 26.8 Å². The minimum atomic E-state index is -3.70. The Bertz CT molecular complexity index is 1220. The number of benzene rings is 3. The Morgan fingerprint density at radius 1 is 0.806 bits per heavy atom. The summed E-state index contributed by atoms with van der Waals surface area (Å²) in [6, 6.07) is 30.2. The lowest BCUT2D eigenvalue weighted by Gasteiger charge is -2.36. The van der Waals surface area contributed by atoms with Gasteiger partial charge in [-0.05, 0) is 42.2 Å². The molecule has 1 saturated heterocycles. The molecule has 188 valence electrons. The largest absolute Gasteiger partial charge is 0.356 e. The van der Waals surface area contributed by atoms with Gasteiger partial charge >= 0.3 is 0 Å². The second-order valence-corrected chi connectivity index (χ2v) is 11.2. The molecule has 0 spiro atoms. The van der Waals surface area contributed by atoms with Crippen molar-refractivity contribution in [2.75, 3.05) is 12.9 Å². The van der Waals surface area contributed by atoms with E-state index in [2.05, 4.69) is 36.4 Å². The van der Waals surface area contributed by atoms with Gasteiger partial charge in [0.05, 0.1) is 12.9 Å². The van der Waals surface area contributed by atoms with Gasteiger partial charge in [0.15, 0.2) is 5.79 Å². The molecule has 3 aromatic rings. The summed E-state index contributed by atoms with van der Waals surface area (Å²) in [6.07, 6.45) is 0.957. The van der Waals surface area contributed by atoms with Gasteiger partial charge in [0.1, 0.15) is 23.9 Å². The number of hydrogen-bond acceptors (Lipinski definition) is 6. The van der Waals surface area contributed by atoms with Gasteiger partial charge in [0.25, 0.3) is 10.1 Å². The lowest BCUT2D eigenvalue weighted by Crippen LogP contribution is -2.35. The van der Waals surface area contributed by atoms with Gasteiger partial charge in [-0.15, -0.1) is 0 Å². The van der Waals surface area contributed by atoms with Gasteiger partial charge < -0.3 is 14.2 Å². The van der Waals surface area contributed by atoms with E-state index in [-0.39, 0.29) is 6.61 Å². The summed E-state index contributed by atoms with van der Waals surface area (Å²) in [5.74, 6) is -0.872. The normalized spacial score (nSPS) is 23.3. The van der Waals surface area contributed by atoms with E-state index in [9.17, 15) is 8.42 Å². The quantitative estimate of drug-likeness (QED) is 0.248. The van der Waals surface area contributed by atoms with Crippen molar-refractivity contribution in [2.45, 2.75) is 43.5 Å². The number of ether oxygens (including phenoxy) is 3. The van der Waals surface area contributed by atoms with Crippen LogP contribution in [0.3, 0.4) is 0 Å². The fraction of sp³-hybridized carbons (Fsp3) is 0.310. The molecule has 3 atom stereocenters. The van der Waals surface area contributed by atoms with Crippen molar-refractivity contribution in [3.05, 3.63) is 119 Å². The van der Waals surface area contributed by atoms with Crippen LogP contribution in [0.1, 0.15) is 30.5 Å². The molecule has 1 aliphatic carbocycles. The van der Waals surface area contributed by atoms with Gasteiger partial charge in [-0.3, -0.25) is 4.18 Å². The van der Waals surface area contributed by atoms with Crippen molar-refractivity contribution in [3.8, 4) is 0 Å². The summed E-state index contributed by atoms with van der Waals surface area (Å²) >= 11 is 0. The maximum absolute atomic E-state index is 11.9. The monoisotopic (exact) mass is 506 g/mol. The van der Waals surface area contributed by atoms with E-state index in [1.807, 2.05) is 68.4 Å². The Morgan fingerprint density at radius 2 is 1.28 bits per heavy atom. The third-order valence-corrected chi connectivity index (χ3v) is 7.05. The average molecular weight is 507 g/mol. The van der Waals surface area contributed by atoms with Crippen molar-refractivity contribution in [2.24, 2.45) is 0 Å². The fourth-order valence-electron chi connectivity index (χ4n) is 5.09. The molecule has 5 rings (SSSR count). The van der Waals surface area contributed by atoms with Crippen LogP contribution in [-0.2, 0) is 34.1 Å². The maximum Gasteiger partial charge on any atom is 0.265 e. The Balaban J connectivity index is 1.57. The van der Waals surface area contributed by atoms with E-state index in [0.29, 0.717) is 0 Å². The summed E-state index contributed by atoms with van der Waals surface area (Å²) in [6.45, 7) is 3.80. The van der Waals surface area contributed by atoms with Gasteiger partial charge in [-0.25, -0.2) is 0 Å². The van der Waals surface area contributed by atoms with Crippen LogP contribution >= 0.6 is 0 Å². The van der Waals surface area contributed by atoms with Crippen LogP contribution in [0.4, 0.5) is 0 Å². The first-order chi connectivity index (χ1) is 17.2. The van der Waals surface area contributed by atoms with Crippen LogP contribution < -0.4 is 0 Å². The Labute approximate surface area is 212 Å². The Morgan fingerprint density at radius 3 is 1.72 bits per heavy atom. The molecule has 0 saturated carbocycles. The minimum Gasteiger partial charge on any atom is -0.356 e. The third kappa shape index (κ3) is 4.90. The molecule has 0 unspecified atom stereocenters. The molecule has 1 heterocycles. The standard InChI is InChI=1S/C29H30O6S/c1-28(2)33-26-21(19-25(27(26)34-28)35-36(3,30)31)20-32-29(22-13-7-4-8-14-22,23-15-9-5-10-16-23)24-17-11-6-12-18-24/h4-19,25-27H,20H2,1-3H3/t25-,26+,27-/m0/s1. The van der Waals surface area contributed by atoms with Crippen LogP contribution in [-0.4, -0.2) is 45.4 Å². The number of hydrogen-bond donors (Lipinski definition) is 0. The number of fused-ring (bicyclic) bond motifs is 1. The van der Waals surface area contributed by atoms with E-state index in [4.69, 9.17) is 18.4 Å². The molecule has 0 amide bonds. The average Bonchev–Trinajstić information content (AvgIpc) is 3.34. The zero-order valence-corrected chi connectivity index (χ0v) is 21.4. The highest BCUT2D eigenvalue weighted by Gasteiger charge is 2.52. The summed E-state index contributed by atoms with van der Waals surface area (Å²) in [7, 11) is -3.70. The first kappa shape index (κ1) is 24.9. The molecule has 1 aliphatic heterocycles. The van der Waals surface area contributed by atoms with Gasteiger partial charge in [0, 0.05) is 0 Å². The highest BCUT2D eigenvalue weighted by Crippen LogP contribution is 2.44. The highest BCUT2D eigenvalue weighted by molar-refractivity contribution is 7.86. The number of rotatable bonds is 8. The second-order valence-electron chi connectivity index (χ2n) is 9.60. The predicted octanol–water partition coefficient (Wildman–Crippen LogP) is 4.80. The van der Waals surface area contributed by atoms with E-state index < -0.39 is 39.8 Å². The van der Waals surface area contributed by atoms with Crippen molar-refractivity contribution in [3.63, 3.8) is 0 Å². The maximum atomic E-state index is 11.9. The molecule has 1 fully saturated rings.